The van der Waals surface area contributed by atoms with Crippen molar-refractivity contribution in [1.82, 2.24) is 4.90 Å². The first-order valence-electron chi connectivity index (χ1n) is 20.2. The van der Waals surface area contributed by atoms with Gasteiger partial charge >= 0.3 is 0 Å². The van der Waals surface area contributed by atoms with Crippen LogP contribution >= 0.6 is 21.6 Å². The van der Waals surface area contributed by atoms with Crippen LogP contribution in [0, 0.1) is 52.3 Å². The first-order valence-corrected chi connectivity index (χ1v) is 22.6. The third-order valence-electron chi connectivity index (χ3n) is 14.3. The number of allylic oxidation sites excluding steroid dienone is 2. The molecule has 0 saturated heterocycles. The van der Waals surface area contributed by atoms with Gasteiger partial charge in [-0.3, -0.25) is 4.79 Å². The standard InChI is InChI=1S/C42H77N3OS2/c1-11-31(29(2)3)13-12-30(4)35-16-17-36-34-15-14-32-28-33(18-21-41(32,9)37(34)19-22-42(35,36)10)48-47-27-20-38(46)45(25-23-39(5,6)43)26-24-40(7,8)44/h14,29-31,33-37H,11-13,15-28,43-44H2,1-10H3/t30?,31?,33-,34-,35+,36-,37-,41-,42+/m0/s1. The molecule has 48 heavy (non-hydrogen) atoms. The van der Waals surface area contributed by atoms with Crippen molar-refractivity contribution in [2.24, 2.45) is 63.7 Å². The van der Waals surface area contributed by atoms with Crippen LogP contribution in [0.4, 0.5) is 0 Å². The highest BCUT2D eigenvalue weighted by Gasteiger charge is 2.59. The molecule has 0 aliphatic heterocycles. The van der Waals surface area contributed by atoms with Gasteiger partial charge in [-0.25, -0.2) is 0 Å². The maximum atomic E-state index is 13.3. The molecule has 1 amide bonds. The first kappa shape index (κ1) is 40.6. The van der Waals surface area contributed by atoms with Gasteiger partial charge in [-0.05, 0) is 151 Å². The Labute approximate surface area is 305 Å². The summed E-state index contributed by atoms with van der Waals surface area (Å²) in [6.07, 6.45) is 20.3. The van der Waals surface area contributed by atoms with Crippen molar-refractivity contribution in [3.8, 4) is 0 Å². The topological polar surface area (TPSA) is 72.3 Å². The average Bonchev–Trinajstić information content (AvgIpc) is 3.35. The van der Waals surface area contributed by atoms with Crippen molar-refractivity contribution < 1.29 is 4.79 Å². The number of nitrogens with two attached hydrogens (primary N) is 2. The molecule has 3 fully saturated rings. The summed E-state index contributed by atoms with van der Waals surface area (Å²) in [6, 6.07) is 0. The molecule has 4 rings (SSSR count). The molecule has 0 heterocycles. The smallest absolute Gasteiger partial charge is 0.223 e. The summed E-state index contributed by atoms with van der Waals surface area (Å²) in [4.78, 5) is 15.3. The molecule has 0 aromatic rings. The van der Waals surface area contributed by atoms with Crippen LogP contribution in [-0.4, -0.2) is 46.0 Å². The second-order valence-corrected chi connectivity index (χ2v) is 22.1. The summed E-state index contributed by atoms with van der Waals surface area (Å²) < 4.78 is 0. The summed E-state index contributed by atoms with van der Waals surface area (Å²) in [5, 5.41) is 0.677. The first-order chi connectivity index (χ1) is 22.4. The predicted molar refractivity (Wildman–Crippen MR) is 213 cm³/mol. The molecular weight excluding hydrogens is 627 g/mol. The fraction of sp³-hybridized carbons (Fsp3) is 0.929. The fourth-order valence-corrected chi connectivity index (χ4v) is 13.6. The lowest BCUT2D eigenvalue weighted by Crippen LogP contribution is -2.50. The molecule has 4 nitrogen and oxygen atoms in total. The lowest BCUT2D eigenvalue weighted by Gasteiger charge is -2.58. The average molecular weight is 704 g/mol. The van der Waals surface area contributed by atoms with Crippen LogP contribution in [0.1, 0.15) is 159 Å². The molecule has 3 saturated carbocycles. The number of rotatable bonds is 17. The molecule has 4 N–H and O–H groups in total. The molecule has 0 radical (unpaired) electrons. The molecule has 0 spiro atoms. The highest BCUT2D eigenvalue weighted by atomic mass is 33.1. The van der Waals surface area contributed by atoms with Crippen LogP contribution in [0.2, 0.25) is 0 Å². The molecule has 6 heteroatoms. The Kier molecular flexibility index (Phi) is 14.1. The number of fused-ring (bicyclic) bond motifs is 5. The van der Waals surface area contributed by atoms with Crippen molar-refractivity contribution in [3.05, 3.63) is 11.6 Å². The molecular formula is C42H77N3OS2. The minimum Gasteiger partial charge on any atom is -0.343 e. The Morgan fingerprint density at radius 2 is 1.62 bits per heavy atom. The predicted octanol–water partition coefficient (Wildman–Crippen LogP) is 10.9. The van der Waals surface area contributed by atoms with E-state index in [0.717, 1.165) is 60.0 Å². The summed E-state index contributed by atoms with van der Waals surface area (Å²) in [5.74, 6) is 7.35. The molecule has 2 unspecified atom stereocenters. The van der Waals surface area contributed by atoms with E-state index in [1.54, 1.807) is 5.57 Å². The van der Waals surface area contributed by atoms with Crippen LogP contribution in [-0.2, 0) is 4.79 Å². The molecule has 0 aromatic heterocycles. The zero-order chi connectivity index (χ0) is 35.5. The van der Waals surface area contributed by atoms with Gasteiger partial charge < -0.3 is 16.4 Å². The number of carbonyl (C=O) groups excluding carboxylic acids is 1. The maximum Gasteiger partial charge on any atom is 0.223 e. The van der Waals surface area contributed by atoms with Gasteiger partial charge in [-0.2, -0.15) is 0 Å². The molecule has 278 valence electrons. The van der Waals surface area contributed by atoms with Gasteiger partial charge in [-0.15, -0.1) is 0 Å². The molecule has 4 aliphatic rings. The minimum absolute atomic E-state index is 0.252. The van der Waals surface area contributed by atoms with Crippen LogP contribution in [0.15, 0.2) is 11.6 Å². The van der Waals surface area contributed by atoms with E-state index in [9.17, 15) is 4.79 Å². The van der Waals surface area contributed by atoms with E-state index in [2.05, 4.69) is 58.4 Å². The summed E-state index contributed by atoms with van der Waals surface area (Å²) in [6.45, 7) is 24.9. The van der Waals surface area contributed by atoms with Gasteiger partial charge in [-0.1, -0.05) is 87.6 Å². The highest BCUT2D eigenvalue weighted by Crippen LogP contribution is 2.67. The number of amides is 1. The molecule has 0 aromatic carbocycles. The molecule has 9 atom stereocenters. The van der Waals surface area contributed by atoms with Crippen molar-refractivity contribution in [2.45, 2.75) is 175 Å². The third-order valence-corrected chi connectivity index (χ3v) is 17.2. The second kappa shape index (κ2) is 16.7. The van der Waals surface area contributed by atoms with Gasteiger partial charge in [0.05, 0.1) is 0 Å². The Bertz CT molecular complexity index is 1060. The van der Waals surface area contributed by atoms with Crippen LogP contribution in [0.5, 0.6) is 0 Å². The van der Waals surface area contributed by atoms with Crippen LogP contribution in [0.3, 0.4) is 0 Å². The summed E-state index contributed by atoms with van der Waals surface area (Å²) in [5.41, 5.74) is 14.7. The van der Waals surface area contributed by atoms with Gasteiger partial charge in [0.2, 0.25) is 5.91 Å². The van der Waals surface area contributed by atoms with Gasteiger partial charge in [0.15, 0.2) is 0 Å². The maximum absolute atomic E-state index is 13.3. The van der Waals surface area contributed by atoms with E-state index in [4.69, 9.17) is 11.5 Å². The number of hydrogen-bond acceptors (Lipinski definition) is 5. The summed E-state index contributed by atoms with van der Waals surface area (Å²) >= 11 is 0. The molecule has 0 bridgehead atoms. The quantitative estimate of drug-likeness (QED) is 0.0896. The third kappa shape index (κ3) is 10.0. The van der Waals surface area contributed by atoms with E-state index in [-0.39, 0.29) is 17.0 Å². The Morgan fingerprint density at radius 1 is 0.958 bits per heavy atom. The number of nitrogens with zero attached hydrogens (tertiary/aromatic N) is 1. The zero-order valence-electron chi connectivity index (χ0n) is 33.0. The largest absolute Gasteiger partial charge is 0.343 e. The Morgan fingerprint density at radius 3 is 2.23 bits per heavy atom. The van der Waals surface area contributed by atoms with Gasteiger partial charge in [0.1, 0.15) is 0 Å². The minimum atomic E-state index is -0.272. The van der Waals surface area contributed by atoms with Crippen molar-refractivity contribution in [3.63, 3.8) is 0 Å². The van der Waals surface area contributed by atoms with Crippen molar-refractivity contribution in [1.29, 1.82) is 0 Å². The number of carbonyl (C=O) groups is 1. The van der Waals surface area contributed by atoms with E-state index in [1.807, 2.05) is 43.4 Å². The lowest BCUT2D eigenvalue weighted by atomic mass is 9.47. The SMILES string of the molecule is CCC(CCC(C)[C@H]1CC[C@H]2[C@@H]3CC=C4C[C@@H](SSCCC(=O)N(CCC(C)(C)N)CCC(C)(C)N)CC[C@]4(C)[C@H]3CC[C@]12C)C(C)C. The van der Waals surface area contributed by atoms with Gasteiger partial charge in [0.25, 0.3) is 0 Å². The van der Waals surface area contributed by atoms with E-state index < -0.39 is 0 Å². The zero-order valence-corrected chi connectivity index (χ0v) is 34.7. The van der Waals surface area contributed by atoms with E-state index in [1.165, 1.54) is 70.6 Å². The normalized spacial score (nSPS) is 33.4. The van der Waals surface area contributed by atoms with E-state index >= 15 is 0 Å². The van der Waals surface area contributed by atoms with Crippen molar-refractivity contribution in [2.75, 3.05) is 18.8 Å². The van der Waals surface area contributed by atoms with E-state index in [0.29, 0.717) is 35.6 Å². The highest BCUT2D eigenvalue weighted by molar-refractivity contribution is 8.76. The number of hydrogen-bond donors (Lipinski definition) is 2. The monoisotopic (exact) mass is 704 g/mol. The van der Waals surface area contributed by atoms with Crippen LogP contribution in [0.25, 0.3) is 0 Å². The Hall–Kier alpha value is -0.170. The molecule has 4 aliphatic carbocycles. The fourth-order valence-electron chi connectivity index (χ4n) is 11.0. The second-order valence-electron chi connectivity index (χ2n) is 19.3. The van der Waals surface area contributed by atoms with Crippen molar-refractivity contribution >= 4 is 27.5 Å². The Balaban J connectivity index is 1.28. The lowest BCUT2D eigenvalue weighted by molar-refractivity contribution is -0.131. The summed E-state index contributed by atoms with van der Waals surface area (Å²) in [7, 11) is 3.99. The van der Waals surface area contributed by atoms with Gasteiger partial charge in [0, 0.05) is 41.6 Å². The van der Waals surface area contributed by atoms with Crippen LogP contribution < -0.4 is 11.5 Å².